The molecule has 0 saturated carbocycles. The van der Waals surface area contributed by atoms with Gasteiger partial charge in [0.15, 0.2) is 5.75 Å². The molecule has 0 aromatic heterocycles. The second-order valence-electron chi connectivity index (χ2n) is 3.53. The van der Waals surface area contributed by atoms with Gasteiger partial charge in [-0.3, -0.25) is 0 Å². The quantitative estimate of drug-likeness (QED) is 0.783. The van der Waals surface area contributed by atoms with Crippen molar-refractivity contribution in [3.8, 4) is 5.75 Å². The molecule has 0 fully saturated rings. The minimum absolute atomic E-state index is 0.178. The Morgan fingerprint density at radius 1 is 1.06 bits per heavy atom. The van der Waals surface area contributed by atoms with Gasteiger partial charge in [0.1, 0.15) is 4.90 Å². The third-order valence-corrected chi connectivity index (χ3v) is 3.64. The molecule has 87 valence electrons. The maximum absolute atomic E-state index is 12.0. The first-order valence-electron chi connectivity index (χ1n) is 5.06. The van der Waals surface area contributed by atoms with Crippen LogP contribution in [-0.2, 0) is 10.1 Å². The van der Waals surface area contributed by atoms with Crippen LogP contribution in [0.3, 0.4) is 0 Å². The molecule has 3 nitrogen and oxygen atoms in total. The van der Waals surface area contributed by atoms with E-state index in [-0.39, 0.29) is 10.6 Å². The lowest BCUT2D eigenvalue weighted by Gasteiger charge is -2.08. The summed E-state index contributed by atoms with van der Waals surface area (Å²) in [7, 11) is -3.78. The molecule has 0 unspecified atom stereocenters. The molecular weight excluding hydrogens is 236 g/mol. The molecule has 17 heavy (non-hydrogen) atoms. The Hall–Kier alpha value is -1.81. The van der Waals surface area contributed by atoms with Gasteiger partial charge in [0, 0.05) is 6.07 Å². The van der Waals surface area contributed by atoms with Gasteiger partial charge in [-0.15, -0.1) is 0 Å². The normalized spacial score (nSPS) is 11.1. The highest BCUT2D eigenvalue weighted by atomic mass is 32.2. The summed E-state index contributed by atoms with van der Waals surface area (Å²) in [5.74, 6) is 0.191. The predicted molar refractivity (Wildman–Crippen MR) is 64.3 cm³/mol. The van der Waals surface area contributed by atoms with E-state index in [4.69, 9.17) is 4.18 Å². The van der Waals surface area contributed by atoms with Crippen LogP contribution in [0.15, 0.2) is 53.4 Å². The fraction of sp³-hybridized carbons (Fsp3) is 0.0769. The number of aryl methyl sites for hydroxylation is 1. The third kappa shape index (κ3) is 2.65. The molecule has 0 aliphatic carbocycles. The monoisotopic (exact) mass is 247 g/mol. The van der Waals surface area contributed by atoms with E-state index in [0.717, 1.165) is 0 Å². The largest absolute Gasteiger partial charge is 0.378 e. The van der Waals surface area contributed by atoms with Gasteiger partial charge in [0.2, 0.25) is 0 Å². The highest BCUT2D eigenvalue weighted by Crippen LogP contribution is 2.20. The number of hydrogen-bond donors (Lipinski definition) is 0. The lowest BCUT2D eigenvalue weighted by atomic mass is 10.2. The molecule has 2 aromatic rings. The van der Waals surface area contributed by atoms with Gasteiger partial charge in [0.25, 0.3) is 0 Å². The van der Waals surface area contributed by atoms with Crippen molar-refractivity contribution in [3.63, 3.8) is 0 Å². The first kappa shape index (κ1) is 11.7. The first-order valence-corrected chi connectivity index (χ1v) is 6.47. The van der Waals surface area contributed by atoms with Crippen molar-refractivity contribution in [2.45, 2.75) is 11.8 Å². The molecule has 0 saturated heterocycles. The Labute approximate surface area is 101 Å². The lowest BCUT2D eigenvalue weighted by Crippen LogP contribution is -2.11. The number of para-hydroxylation sites is 1. The smallest absolute Gasteiger partial charge is 0.339 e. The Morgan fingerprint density at radius 3 is 2.41 bits per heavy atom. The zero-order chi connectivity index (χ0) is 12.3. The minimum Gasteiger partial charge on any atom is -0.378 e. The minimum atomic E-state index is -3.78. The number of rotatable bonds is 3. The summed E-state index contributed by atoms with van der Waals surface area (Å²) in [6.45, 7) is 1.73. The zero-order valence-electron chi connectivity index (χ0n) is 9.25. The fourth-order valence-corrected chi connectivity index (χ4v) is 2.57. The van der Waals surface area contributed by atoms with E-state index >= 15 is 0 Å². The molecule has 2 rings (SSSR count). The lowest BCUT2D eigenvalue weighted by molar-refractivity contribution is 0.485. The molecule has 0 amide bonds. The van der Waals surface area contributed by atoms with Gasteiger partial charge in [-0.05, 0) is 24.6 Å². The molecular formula is C13H11O3S. The van der Waals surface area contributed by atoms with E-state index in [9.17, 15) is 8.42 Å². The van der Waals surface area contributed by atoms with E-state index in [0.29, 0.717) is 5.56 Å². The highest BCUT2D eigenvalue weighted by molar-refractivity contribution is 7.87. The molecule has 0 aliphatic heterocycles. The average molecular weight is 247 g/mol. The second kappa shape index (κ2) is 4.59. The van der Waals surface area contributed by atoms with Crippen LogP contribution in [0, 0.1) is 13.0 Å². The van der Waals surface area contributed by atoms with Gasteiger partial charge in [-0.1, -0.05) is 36.4 Å². The molecule has 4 heteroatoms. The predicted octanol–water partition coefficient (Wildman–Crippen LogP) is 2.56. The topological polar surface area (TPSA) is 43.4 Å². The van der Waals surface area contributed by atoms with Crippen LogP contribution in [0.4, 0.5) is 0 Å². The second-order valence-corrected chi connectivity index (χ2v) is 5.04. The summed E-state index contributed by atoms with van der Waals surface area (Å²) < 4.78 is 28.9. The van der Waals surface area contributed by atoms with Crippen molar-refractivity contribution in [1.82, 2.24) is 0 Å². The SMILES string of the molecule is Cc1ccccc1S(=O)(=O)Oc1[c]cccc1. The van der Waals surface area contributed by atoms with E-state index in [1.54, 1.807) is 49.4 Å². The summed E-state index contributed by atoms with van der Waals surface area (Å²) in [4.78, 5) is 0.178. The van der Waals surface area contributed by atoms with Crippen molar-refractivity contribution in [1.29, 1.82) is 0 Å². The van der Waals surface area contributed by atoms with E-state index < -0.39 is 10.1 Å². The molecule has 2 aromatic carbocycles. The van der Waals surface area contributed by atoms with Crippen LogP contribution < -0.4 is 4.18 Å². The van der Waals surface area contributed by atoms with Crippen molar-refractivity contribution in [2.24, 2.45) is 0 Å². The molecule has 0 heterocycles. The summed E-state index contributed by atoms with van der Waals surface area (Å²) in [5.41, 5.74) is 0.656. The molecule has 0 N–H and O–H groups in total. The van der Waals surface area contributed by atoms with Crippen molar-refractivity contribution in [3.05, 3.63) is 60.2 Å². The number of hydrogen-bond acceptors (Lipinski definition) is 3. The maximum Gasteiger partial charge on any atom is 0.339 e. The van der Waals surface area contributed by atoms with E-state index in [1.165, 1.54) is 6.07 Å². The summed E-state index contributed by atoms with van der Waals surface area (Å²) in [6.07, 6.45) is 0. The van der Waals surface area contributed by atoms with Crippen LogP contribution in [0.5, 0.6) is 5.75 Å². The van der Waals surface area contributed by atoms with Gasteiger partial charge in [-0.2, -0.15) is 8.42 Å². The Morgan fingerprint density at radius 2 is 1.76 bits per heavy atom. The molecule has 0 aliphatic rings. The molecule has 0 bridgehead atoms. The highest BCUT2D eigenvalue weighted by Gasteiger charge is 2.18. The maximum atomic E-state index is 12.0. The van der Waals surface area contributed by atoms with Crippen LogP contribution >= 0.6 is 0 Å². The van der Waals surface area contributed by atoms with Crippen LogP contribution in [0.25, 0.3) is 0 Å². The molecule has 0 spiro atoms. The van der Waals surface area contributed by atoms with Gasteiger partial charge >= 0.3 is 10.1 Å². The van der Waals surface area contributed by atoms with Gasteiger partial charge in [-0.25, -0.2) is 0 Å². The Bertz CT molecular complexity index is 604. The van der Waals surface area contributed by atoms with Crippen molar-refractivity contribution in [2.75, 3.05) is 0 Å². The van der Waals surface area contributed by atoms with E-state index in [1.807, 2.05) is 0 Å². The van der Waals surface area contributed by atoms with Gasteiger partial charge in [0.05, 0.1) is 0 Å². The summed E-state index contributed by atoms with van der Waals surface area (Å²) >= 11 is 0. The average Bonchev–Trinajstić information content (AvgIpc) is 2.30. The standard InChI is InChI=1S/C13H11O3S/c1-11-7-5-6-10-13(11)17(14,15)16-12-8-3-2-4-9-12/h2-8,10H,1H3. The van der Waals surface area contributed by atoms with Crippen LogP contribution in [0.2, 0.25) is 0 Å². The first-order chi connectivity index (χ1) is 8.09. The van der Waals surface area contributed by atoms with Gasteiger partial charge < -0.3 is 4.18 Å². The Balaban J connectivity index is 2.36. The van der Waals surface area contributed by atoms with Crippen LogP contribution in [0.1, 0.15) is 5.56 Å². The molecule has 0 atom stereocenters. The van der Waals surface area contributed by atoms with E-state index in [2.05, 4.69) is 6.07 Å². The Kier molecular flexibility index (Phi) is 3.15. The third-order valence-electron chi connectivity index (χ3n) is 2.24. The summed E-state index contributed by atoms with van der Waals surface area (Å²) in [6, 6.07) is 16.0. The fourth-order valence-electron chi connectivity index (χ4n) is 1.43. The molecule has 1 radical (unpaired) electrons. The van der Waals surface area contributed by atoms with Crippen LogP contribution in [-0.4, -0.2) is 8.42 Å². The van der Waals surface area contributed by atoms with Crippen molar-refractivity contribution < 1.29 is 12.6 Å². The number of benzene rings is 2. The van der Waals surface area contributed by atoms with Crippen molar-refractivity contribution >= 4 is 10.1 Å². The zero-order valence-corrected chi connectivity index (χ0v) is 10.1. The summed E-state index contributed by atoms with van der Waals surface area (Å²) in [5, 5.41) is 0.